The first-order chi connectivity index (χ1) is 16.1. The topological polar surface area (TPSA) is 37.7 Å². The molecule has 0 fully saturated rings. The molecule has 0 atom stereocenters. The smallest absolute Gasteiger partial charge is 0.121 e. The highest BCUT2D eigenvalue weighted by Crippen LogP contribution is 2.32. The molecule has 0 saturated heterocycles. The maximum Gasteiger partial charge on any atom is 0.121 e. The first kappa shape index (κ1) is 22.3. The van der Waals surface area contributed by atoms with Crippen LogP contribution in [0, 0.1) is 6.92 Å². The Balaban J connectivity index is 1.81. The molecule has 0 aliphatic heterocycles. The first-order valence-corrected chi connectivity index (χ1v) is 11.1. The van der Waals surface area contributed by atoms with Crippen molar-refractivity contribution in [3.8, 4) is 16.9 Å². The van der Waals surface area contributed by atoms with Crippen LogP contribution in [-0.2, 0) is 0 Å². The summed E-state index contributed by atoms with van der Waals surface area (Å²) in [5.74, 6) is 0.840. The average molecular weight is 436 g/mol. The Hall–Kier alpha value is -3.92. The van der Waals surface area contributed by atoms with Gasteiger partial charge in [-0.25, -0.2) is 0 Å². The molecule has 0 unspecified atom stereocenters. The summed E-state index contributed by atoms with van der Waals surface area (Å²) in [6, 6.07) is 25.2. The van der Waals surface area contributed by atoms with Crippen LogP contribution in [0.1, 0.15) is 19.4 Å². The monoisotopic (exact) mass is 435 g/mol. The molecule has 0 N–H and O–H groups in total. The van der Waals surface area contributed by atoms with E-state index in [0.29, 0.717) is 6.54 Å². The third-order valence-electron chi connectivity index (χ3n) is 5.50. The molecule has 3 aromatic carbocycles. The second-order valence-electron chi connectivity index (χ2n) is 8.11. The summed E-state index contributed by atoms with van der Waals surface area (Å²) in [5, 5.41) is 1.10. The summed E-state index contributed by atoms with van der Waals surface area (Å²) in [6.07, 6.45) is 5.71. The first-order valence-electron chi connectivity index (χ1n) is 11.1. The SMILES string of the molecule is C/C=C\N=C(C)CN(c1cc(C)cc(OC)c1)c1ccc2ncc(-c3ccccc3)cc2c1. The largest absolute Gasteiger partial charge is 0.497 e. The lowest BCUT2D eigenvalue weighted by Gasteiger charge is -2.26. The van der Waals surface area contributed by atoms with Crippen molar-refractivity contribution in [3.63, 3.8) is 0 Å². The lowest BCUT2D eigenvalue weighted by molar-refractivity contribution is 0.414. The molecule has 0 saturated carbocycles. The number of aryl methyl sites for hydroxylation is 1. The maximum absolute atomic E-state index is 5.55. The lowest BCUT2D eigenvalue weighted by Crippen LogP contribution is -2.23. The summed E-state index contributed by atoms with van der Waals surface area (Å²) < 4.78 is 5.55. The van der Waals surface area contributed by atoms with Gasteiger partial charge in [-0.3, -0.25) is 9.98 Å². The molecule has 0 amide bonds. The van der Waals surface area contributed by atoms with E-state index in [1.165, 1.54) is 0 Å². The summed E-state index contributed by atoms with van der Waals surface area (Å²) in [7, 11) is 1.70. The minimum atomic E-state index is 0.661. The number of aliphatic imine (C=N–C) groups is 1. The quantitative estimate of drug-likeness (QED) is 0.285. The van der Waals surface area contributed by atoms with E-state index in [2.05, 4.69) is 84.4 Å². The van der Waals surface area contributed by atoms with Crippen molar-refractivity contribution < 1.29 is 4.74 Å². The number of fused-ring (bicyclic) bond motifs is 1. The van der Waals surface area contributed by atoms with E-state index in [1.54, 1.807) is 7.11 Å². The molecule has 4 heteroatoms. The van der Waals surface area contributed by atoms with Crippen LogP contribution < -0.4 is 9.64 Å². The second-order valence-corrected chi connectivity index (χ2v) is 8.11. The van der Waals surface area contributed by atoms with Gasteiger partial charge in [-0.15, -0.1) is 0 Å². The van der Waals surface area contributed by atoms with Gasteiger partial charge in [-0.05, 0) is 68.3 Å². The van der Waals surface area contributed by atoms with Gasteiger partial charge in [0.1, 0.15) is 5.75 Å². The van der Waals surface area contributed by atoms with Gasteiger partial charge in [0, 0.05) is 46.5 Å². The summed E-state index contributed by atoms with van der Waals surface area (Å²) in [4.78, 5) is 11.5. The van der Waals surface area contributed by atoms with Crippen LogP contribution in [0.2, 0.25) is 0 Å². The van der Waals surface area contributed by atoms with Crippen molar-refractivity contribution in [1.82, 2.24) is 4.98 Å². The van der Waals surface area contributed by atoms with Crippen LogP contribution in [0.3, 0.4) is 0 Å². The number of rotatable bonds is 7. The molecule has 0 spiro atoms. The Bertz CT molecular complexity index is 1310. The van der Waals surface area contributed by atoms with Crippen LogP contribution in [-0.4, -0.2) is 24.4 Å². The van der Waals surface area contributed by atoms with Crippen molar-refractivity contribution in [3.05, 3.63) is 96.8 Å². The number of aromatic nitrogens is 1. The number of hydrogen-bond donors (Lipinski definition) is 0. The number of allylic oxidation sites excluding steroid dienone is 1. The van der Waals surface area contributed by atoms with E-state index in [1.807, 2.05) is 37.5 Å². The van der Waals surface area contributed by atoms with Gasteiger partial charge in [0.25, 0.3) is 0 Å². The molecular weight excluding hydrogens is 406 g/mol. The van der Waals surface area contributed by atoms with E-state index >= 15 is 0 Å². The summed E-state index contributed by atoms with van der Waals surface area (Å²) in [6.45, 7) is 6.77. The van der Waals surface area contributed by atoms with E-state index in [-0.39, 0.29) is 0 Å². The zero-order valence-electron chi connectivity index (χ0n) is 19.6. The predicted octanol–water partition coefficient (Wildman–Crippen LogP) is 7.35. The Morgan fingerprint density at radius 3 is 2.55 bits per heavy atom. The fourth-order valence-electron chi connectivity index (χ4n) is 3.88. The Morgan fingerprint density at radius 2 is 1.79 bits per heavy atom. The Kier molecular flexibility index (Phi) is 6.84. The number of nitrogens with zero attached hydrogens (tertiary/aromatic N) is 3. The maximum atomic E-state index is 5.55. The normalized spacial score (nSPS) is 11.8. The molecule has 33 heavy (non-hydrogen) atoms. The minimum Gasteiger partial charge on any atom is -0.497 e. The van der Waals surface area contributed by atoms with Gasteiger partial charge in [-0.2, -0.15) is 0 Å². The van der Waals surface area contributed by atoms with Crippen molar-refractivity contribution in [2.24, 2.45) is 4.99 Å². The molecular formula is C29H29N3O. The van der Waals surface area contributed by atoms with Crippen molar-refractivity contribution in [2.75, 3.05) is 18.6 Å². The lowest BCUT2D eigenvalue weighted by atomic mass is 10.0. The zero-order valence-corrected chi connectivity index (χ0v) is 19.6. The molecule has 0 radical (unpaired) electrons. The van der Waals surface area contributed by atoms with E-state index < -0.39 is 0 Å². The predicted molar refractivity (Wildman–Crippen MR) is 140 cm³/mol. The molecule has 0 aliphatic carbocycles. The van der Waals surface area contributed by atoms with E-state index in [4.69, 9.17) is 9.72 Å². The fourth-order valence-corrected chi connectivity index (χ4v) is 3.88. The zero-order chi connectivity index (χ0) is 23.2. The van der Waals surface area contributed by atoms with Crippen molar-refractivity contribution in [1.29, 1.82) is 0 Å². The number of pyridine rings is 1. The highest BCUT2D eigenvalue weighted by molar-refractivity contribution is 5.92. The third kappa shape index (κ3) is 5.29. The second kappa shape index (κ2) is 10.1. The van der Waals surface area contributed by atoms with Gasteiger partial charge in [-0.1, -0.05) is 36.4 Å². The molecule has 4 aromatic rings. The molecule has 4 nitrogen and oxygen atoms in total. The van der Waals surface area contributed by atoms with Gasteiger partial charge in [0.15, 0.2) is 0 Å². The van der Waals surface area contributed by atoms with Crippen LogP contribution in [0.25, 0.3) is 22.0 Å². The number of methoxy groups -OCH3 is 1. The third-order valence-corrected chi connectivity index (χ3v) is 5.50. The van der Waals surface area contributed by atoms with Gasteiger partial charge >= 0.3 is 0 Å². The summed E-state index contributed by atoms with van der Waals surface area (Å²) in [5.41, 5.74) is 7.54. The van der Waals surface area contributed by atoms with Gasteiger partial charge < -0.3 is 9.64 Å². The Morgan fingerprint density at radius 1 is 0.970 bits per heavy atom. The molecule has 0 aliphatic rings. The van der Waals surface area contributed by atoms with Crippen LogP contribution in [0.4, 0.5) is 11.4 Å². The number of ether oxygens (including phenoxy) is 1. The van der Waals surface area contributed by atoms with Crippen molar-refractivity contribution >= 4 is 28.0 Å². The van der Waals surface area contributed by atoms with Gasteiger partial charge in [0.2, 0.25) is 0 Å². The summed E-state index contributed by atoms with van der Waals surface area (Å²) >= 11 is 0. The number of anilines is 2. The van der Waals surface area contributed by atoms with Crippen molar-refractivity contribution in [2.45, 2.75) is 20.8 Å². The number of benzene rings is 3. The van der Waals surface area contributed by atoms with Crippen LogP contribution >= 0.6 is 0 Å². The molecule has 0 bridgehead atoms. The average Bonchev–Trinajstić information content (AvgIpc) is 2.85. The minimum absolute atomic E-state index is 0.661. The molecule has 166 valence electrons. The van der Waals surface area contributed by atoms with Crippen LogP contribution in [0.15, 0.2) is 96.3 Å². The number of hydrogen-bond acceptors (Lipinski definition) is 4. The highest BCUT2D eigenvalue weighted by Gasteiger charge is 2.14. The van der Waals surface area contributed by atoms with Gasteiger partial charge in [0.05, 0.1) is 19.2 Å². The Labute approximate surface area is 195 Å². The molecule has 1 aromatic heterocycles. The molecule has 1 heterocycles. The van der Waals surface area contributed by atoms with E-state index in [9.17, 15) is 0 Å². The van der Waals surface area contributed by atoms with Crippen LogP contribution in [0.5, 0.6) is 5.75 Å². The highest BCUT2D eigenvalue weighted by atomic mass is 16.5. The fraction of sp³-hybridized carbons (Fsp3) is 0.172. The standard InChI is InChI=1S/C29H29N3O/c1-5-13-30-22(3)20-32(27-14-21(2)15-28(18-27)33-4)26-11-12-29-24(17-26)16-25(19-31-29)23-9-7-6-8-10-23/h5-19H,20H2,1-4H3/b13-5-,30-22?. The van der Waals surface area contributed by atoms with E-state index in [0.717, 1.165) is 50.4 Å². The molecule has 4 rings (SSSR count).